The number of hydrogen-bond acceptors (Lipinski definition) is 5. The van der Waals surface area contributed by atoms with Gasteiger partial charge in [-0.2, -0.15) is 10.2 Å². The van der Waals surface area contributed by atoms with Gasteiger partial charge in [-0.3, -0.25) is 4.79 Å². The van der Waals surface area contributed by atoms with E-state index in [1.54, 1.807) is 36.5 Å². The molecule has 0 aliphatic heterocycles. The number of nitrogens with one attached hydrogen (secondary N) is 1. The highest BCUT2D eigenvalue weighted by Gasteiger charge is 2.08. The molecule has 2 aromatic rings. The third-order valence-corrected chi connectivity index (χ3v) is 2.55. The van der Waals surface area contributed by atoms with Crippen molar-refractivity contribution in [1.82, 2.24) is 15.5 Å². The van der Waals surface area contributed by atoms with Gasteiger partial charge >= 0.3 is 0 Å². The maximum absolute atomic E-state index is 11.9. The maximum Gasteiger partial charge on any atom is 0.251 e. The SMILES string of the molecule is COc1cc(C(=O)NCc2cccnn2)ccc1N. The maximum atomic E-state index is 11.9. The lowest BCUT2D eigenvalue weighted by molar-refractivity contribution is 0.0950. The van der Waals surface area contributed by atoms with Crippen molar-refractivity contribution in [3.05, 3.63) is 47.8 Å². The normalized spacial score (nSPS) is 9.95. The number of anilines is 1. The summed E-state index contributed by atoms with van der Waals surface area (Å²) < 4.78 is 5.07. The summed E-state index contributed by atoms with van der Waals surface area (Å²) in [4.78, 5) is 11.9. The molecule has 1 amide bonds. The molecular formula is C13H14N4O2. The van der Waals surface area contributed by atoms with Gasteiger partial charge in [-0.25, -0.2) is 0 Å². The molecule has 2 rings (SSSR count). The van der Waals surface area contributed by atoms with E-state index in [4.69, 9.17) is 10.5 Å². The van der Waals surface area contributed by atoms with Crippen LogP contribution in [0.15, 0.2) is 36.5 Å². The molecule has 1 aromatic carbocycles. The number of hydrogen-bond donors (Lipinski definition) is 2. The van der Waals surface area contributed by atoms with Crippen LogP contribution in [0.25, 0.3) is 0 Å². The van der Waals surface area contributed by atoms with E-state index in [1.807, 2.05) is 0 Å². The van der Waals surface area contributed by atoms with Gasteiger partial charge in [0.25, 0.3) is 5.91 Å². The molecule has 0 saturated heterocycles. The Morgan fingerprint density at radius 2 is 2.26 bits per heavy atom. The Hall–Kier alpha value is -2.63. The second kappa shape index (κ2) is 5.81. The number of nitrogens with zero attached hydrogens (tertiary/aromatic N) is 2. The highest BCUT2D eigenvalue weighted by Crippen LogP contribution is 2.21. The fraction of sp³-hybridized carbons (Fsp3) is 0.154. The van der Waals surface area contributed by atoms with E-state index >= 15 is 0 Å². The number of nitrogens with two attached hydrogens (primary N) is 1. The molecule has 0 spiro atoms. The lowest BCUT2D eigenvalue weighted by atomic mass is 10.1. The Bertz CT molecular complexity index is 572. The molecule has 0 saturated carbocycles. The number of amides is 1. The monoisotopic (exact) mass is 258 g/mol. The van der Waals surface area contributed by atoms with Crippen LogP contribution in [0.4, 0.5) is 5.69 Å². The Morgan fingerprint density at radius 1 is 1.42 bits per heavy atom. The lowest BCUT2D eigenvalue weighted by Crippen LogP contribution is -2.23. The minimum Gasteiger partial charge on any atom is -0.495 e. The van der Waals surface area contributed by atoms with Crippen LogP contribution >= 0.6 is 0 Å². The molecule has 0 atom stereocenters. The van der Waals surface area contributed by atoms with Crippen molar-refractivity contribution in [2.45, 2.75) is 6.54 Å². The molecule has 1 heterocycles. The quantitative estimate of drug-likeness (QED) is 0.798. The molecule has 0 bridgehead atoms. The number of ether oxygens (including phenoxy) is 1. The molecule has 0 aliphatic carbocycles. The highest BCUT2D eigenvalue weighted by atomic mass is 16.5. The van der Waals surface area contributed by atoms with Crippen LogP contribution in [0.5, 0.6) is 5.75 Å². The van der Waals surface area contributed by atoms with Crippen LogP contribution in [0.3, 0.4) is 0 Å². The van der Waals surface area contributed by atoms with E-state index in [0.717, 1.165) is 0 Å². The molecule has 0 radical (unpaired) electrons. The first-order chi connectivity index (χ1) is 9.20. The van der Waals surface area contributed by atoms with Crippen LogP contribution in [-0.2, 0) is 6.54 Å². The Morgan fingerprint density at radius 3 is 2.95 bits per heavy atom. The van der Waals surface area contributed by atoms with Crippen LogP contribution in [-0.4, -0.2) is 23.2 Å². The smallest absolute Gasteiger partial charge is 0.251 e. The third kappa shape index (κ3) is 3.19. The lowest BCUT2D eigenvalue weighted by Gasteiger charge is -2.08. The van der Waals surface area contributed by atoms with Gasteiger partial charge in [0.15, 0.2) is 0 Å². The van der Waals surface area contributed by atoms with Gasteiger partial charge in [0.05, 0.1) is 25.0 Å². The molecule has 98 valence electrons. The first-order valence-corrected chi connectivity index (χ1v) is 5.69. The largest absolute Gasteiger partial charge is 0.495 e. The zero-order valence-corrected chi connectivity index (χ0v) is 10.5. The molecule has 0 aliphatic rings. The number of nitrogen functional groups attached to an aromatic ring is 1. The van der Waals surface area contributed by atoms with E-state index in [9.17, 15) is 4.79 Å². The predicted molar refractivity (Wildman–Crippen MR) is 70.6 cm³/mol. The van der Waals surface area contributed by atoms with E-state index in [2.05, 4.69) is 15.5 Å². The number of aromatic nitrogens is 2. The Labute approximate surface area is 110 Å². The average molecular weight is 258 g/mol. The fourth-order valence-electron chi connectivity index (χ4n) is 1.55. The predicted octanol–water partition coefficient (Wildman–Crippen LogP) is 0.997. The van der Waals surface area contributed by atoms with E-state index < -0.39 is 0 Å². The molecule has 6 nitrogen and oxygen atoms in total. The Kier molecular flexibility index (Phi) is 3.92. The second-order valence-electron chi connectivity index (χ2n) is 3.85. The summed E-state index contributed by atoms with van der Waals surface area (Å²) in [6, 6.07) is 8.43. The summed E-state index contributed by atoms with van der Waals surface area (Å²) >= 11 is 0. The minimum atomic E-state index is -0.219. The standard InChI is InChI=1S/C13H14N4O2/c1-19-12-7-9(4-5-11(12)14)13(18)15-8-10-3-2-6-16-17-10/h2-7H,8,14H2,1H3,(H,15,18). The van der Waals surface area contributed by atoms with Crippen LogP contribution in [0.2, 0.25) is 0 Å². The summed E-state index contributed by atoms with van der Waals surface area (Å²) in [6.07, 6.45) is 1.58. The molecule has 0 unspecified atom stereocenters. The average Bonchev–Trinajstić information content (AvgIpc) is 2.46. The first-order valence-electron chi connectivity index (χ1n) is 5.69. The van der Waals surface area contributed by atoms with Gasteiger partial charge in [0, 0.05) is 11.8 Å². The summed E-state index contributed by atoms with van der Waals surface area (Å²) in [5, 5.41) is 10.4. The number of methoxy groups -OCH3 is 1. The summed E-state index contributed by atoms with van der Waals surface area (Å²) in [7, 11) is 1.51. The third-order valence-electron chi connectivity index (χ3n) is 2.55. The summed E-state index contributed by atoms with van der Waals surface area (Å²) in [5.74, 6) is 0.260. The highest BCUT2D eigenvalue weighted by molar-refractivity contribution is 5.95. The van der Waals surface area contributed by atoms with Gasteiger partial charge < -0.3 is 15.8 Å². The summed E-state index contributed by atoms with van der Waals surface area (Å²) in [6.45, 7) is 0.319. The zero-order chi connectivity index (χ0) is 13.7. The van der Waals surface area contributed by atoms with Gasteiger partial charge in [0.2, 0.25) is 0 Å². The van der Waals surface area contributed by atoms with Crippen molar-refractivity contribution >= 4 is 11.6 Å². The van der Waals surface area contributed by atoms with E-state index in [1.165, 1.54) is 7.11 Å². The number of rotatable bonds is 4. The number of benzene rings is 1. The Balaban J connectivity index is 2.04. The molecule has 19 heavy (non-hydrogen) atoms. The van der Waals surface area contributed by atoms with Crippen molar-refractivity contribution in [2.24, 2.45) is 0 Å². The van der Waals surface area contributed by atoms with Gasteiger partial charge in [-0.05, 0) is 30.3 Å². The number of carbonyl (C=O) groups is 1. The van der Waals surface area contributed by atoms with Crippen LogP contribution in [0, 0.1) is 0 Å². The summed E-state index contributed by atoms with van der Waals surface area (Å²) in [5.41, 5.74) is 7.36. The van der Waals surface area contributed by atoms with Crippen molar-refractivity contribution < 1.29 is 9.53 Å². The minimum absolute atomic E-state index is 0.219. The molecular weight excluding hydrogens is 244 g/mol. The van der Waals surface area contributed by atoms with Gasteiger partial charge in [-0.15, -0.1) is 0 Å². The van der Waals surface area contributed by atoms with Gasteiger partial charge in [0.1, 0.15) is 5.75 Å². The van der Waals surface area contributed by atoms with E-state index in [-0.39, 0.29) is 5.91 Å². The second-order valence-corrected chi connectivity index (χ2v) is 3.85. The molecule has 0 fully saturated rings. The van der Waals surface area contributed by atoms with Gasteiger partial charge in [-0.1, -0.05) is 0 Å². The van der Waals surface area contributed by atoms with Crippen LogP contribution < -0.4 is 15.8 Å². The molecule has 1 aromatic heterocycles. The van der Waals surface area contributed by atoms with E-state index in [0.29, 0.717) is 29.2 Å². The van der Waals surface area contributed by atoms with Crippen molar-refractivity contribution in [3.8, 4) is 5.75 Å². The first kappa shape index (κ1) is 12.8. The van der Waals surface area contributed by atoms with Crippen molar-refractivity contribution in [3.63, 3.8) is 0 Å². The fourth-order valence-corrected chi connectivity index (χ4v) is 1.55. The topological polar surface area (TPSA) is 90.1 Å². The van der Waals surface area contributed by atoms with Crippen molar-refractivity contribution in [1.29, 1.82) is 0 Å². The number of carbonyl (C=O) groups excluding carboxylic acids is 1. The zero-order valence-electron chi connectivity index (χ0n) is 10.5. The van der Waals surface area contributed by atoms with Crippen molar-refractivity contribution in [2.75, 3.05) is 12.8 Å². The molecule has 3 N–H and O–H groups in total. The van der Waals surface area contributed by atoms with Crippen LogP contribution in [0.1, 0.15) is 16.1 Å². The molecule has 6 heteroatoms.